The highest BCUT2D eigenvalue weighted by atomic mass is 16.2. The van der Waals surface area contributed by atoms with E-state index in [1.165, 1.54) is 10.5 Å². The number of rotatable bonds is 4. The van der Waals surface area contributed by atoms with Gasteiger partial charge < -0.3 is 4.57 Å². The summed E-state index contributed by atoms with van der Waals surface area (Å²) in [6.45, 7) is 2.68. The highest BCUT2D eigenvalue weighted by Gasteiger charge is 2.41. The number of hydrogen-bond donors (Lipinski definition) is 0. The summed E-state index contributed by atoms with van der Waals surface area (Å²) in [5, 5.41) is 1.03. The Bertz CT molecular complexity index is 1260. The predicted octanol–water partition coefficient (Wildman–Crippen LogP) is 5.05. The summed E-state index contributed by atoms with van der Waals surface area (Å²) in [6, 6.07) is 25.9. The Balaban J connectivity index is 1.55. The van der Waals surface area contributed by atoms with Crippen molar-refractivity contribution in [2.24, 2.45) is 0 Å². The van der Waals surface area contributed by atoms with Crippen molar-refractivity contribution in [3.63, 3.8) is 0 Å². The molecule has 0 aliphatic carbocycles. The molecule has 5 rings (SSSR count). The van der Waals surface area contributed by atoms with Gasteiger partial charge in [0.2, 0.25) is 11.8 Å². The number of nitrogens with zero attached hydrogens (tertiary/aromatic N) is 2. The standard InChI is InChI=1S/C26H22N2O2/c1-18-8-7-11-20(14-18)28-25(29)15-22(26(28)30)23-17-27(16-19-9-3-2-4-10-19)24-13-6-5-12-21(23)24/h2-14,17,22H,15-16H2,1H3/t22-/m1/s1. The van der Waals surface area contributed by atoms with Crippen molar-refractivity contribution in [3.05, 3.63) is 102 Å². The zero-order valence-corrected chi connectivity index (χ0v) is 16.8. The van der Waals surface area contributed by atoms with E-state index in [4.69, 9.17) is 0 Å². The van der Waals surface area contributed by atoms with Crippen LogP contribution in [0.15, 0.2) is 85.1 Å². The Morgan fingerprint density at radius 1 is 0.900 bits per heavy atom. The van der Waals surface area contributed by atoms with E-state index >= 15 is 0 Å². The lowest BCUT2D eigenvalue weighted by molar-refractivity contribution is -0.121. The number of aromatic nitrogens is 1. The number of para-hydroxylation sites is 1. The fourth-order valence-electron chi connectivity index (χ4n) is 4.38. The Kier molecular flexibility index (Phi) is 4.47. The molecule has 0 spiro atoms. The third kappa shape index (κ3) is 3.11. The van der Waals surface area contributed by atoms with Gasteiger partial charge in [0.05, 0.1) is 11.6 Å². The average Bonchev–Trinajstić information content (AvgIpc) is 3.25. The number of carbonyl (C=O) groups is 2. The second kappa shape index (κ2) is 7.30. The zero-order valence-electron chi connectivity index (χ0n) is 16.8. The zero-order chi connectivity index (χ0) is 20.7. The Morgan fingerprint density at radius 2 is 1.67 bits per heavy atom. The van der Waals surface area contributed by atoms with Crippen molar-refractivity contribution in [1.29, 1.82) is 0 Å². The van der Waals surface area contributed by atoms with E-state index in [2.05, 4.69) is 22.8 Å². The molecule has 1 fully saturated rings. The molecule has 1 saturated heterocycles. The van der Waals surface area contributed by atoms with Crippen LogP contribution in [0.4, 0.5) is 5.69 Å². The van der Waals surface area contributed by atoms with Crippen LogP contribution in [0.5, 0.6) is 0 Å². The fourth-order valence-corrected chi connectivity index (χ4v) is 4.38. The monoisotopic (exact) mass is 394 g/mol. The minimum atomic E-state index is -0.458. The van der Waals surface area contributed by atoms with Gasteiger partial charge in [0.15, 0.2) is 0 Å². The van der Waals surface area contributed by atoms with E-state index in [1.54, 1.807) is 0 Å². The summed E-state index contributed by atoms with van der Waals surface area (Å²) < 4.78 is 2.17. The van der Waals surface area contributed by atoms with E-state index in [0.717, 1.165) is 28.6 Å². The van der Waals surface area contributed by atoms with Crippen molar-refractivity contribution in [1.82, 2.24) is 4.57 Å². The molecular formula is C26H22N2O2. The quantitative estimate of drug-likeness (QED) is 0.455. The van der Waals surface area contributed by atoms with Gasteiger partial charge in [0.1, 0.15) is 0 Å². The van der Waals surface area contributed by atoms with Gasteiger partial charge in [-0.1, -0.05) is 60.7 Å². The van der Waals surface area contributed by atoms with Crippen molar-refractivity contribution in [2.75, 3.05) is 4.90 Å². The molecule has 3 aromatic carbocycles. The second-order valence-electron chi connectivity index (χ2n) is 7.88. The third-order valence-corrected chi connectivity index (χ3v) is 5.80. The topological polar surface area (TPSA) is 42.3 Å². The summed E-state index contributed by atoms with van der Waals surface area (Å²) in [4.78, 5) is 27.5. The Labute approximate surface area is 175 Å². The largest absolute Gasteiger partial charge is 0.343 e. The van der Waals surface area contributed by atoms with Gasteiger partial charge in [-0.2, -0.15) is 0 Å². The lowest BCUT2D eigenvalue weighted by atomic mass is 9.97. The van der Waals surface area contributed by atoms with Gasteiger partial charge in [-0.15, -0.1) is 0 Å². The summed E-state index contributed by atoms with van der Waals surface area (Å²) in [7, 11) is 0. The van der Waals surface area contributed by atoms with Crippen LogP contribution >= 0.6 is 0 Å². The van der Waals surface area contributed by atoms with Crippen LogP contribution in [0.3, 0.4) is 0 Å². The van der Waals surface area contributed by atoms with E-state index < -0.39 is 5.92 Å². The summed E-state index contributed by atoms with van der Waals surface area (Å²) in [6.07, 6.45) is 2.25. The van der Waals surface area contributed by atoms with E-state index in [0.29, 0.717) is 5.69 Å². The number of carbonyl (C=O) groups excluding carboxylic acids is 2. The molecule has 0 bridgehead atoms. The number of imide groups is 1. The Hall–Kier alpha value is -3.66. The molecule has 2 heterocycles. The molecule has 2 amide bonds. The molecule has 1 atom stereocenters. The lowest BCUT2D eigenvalue weighted by Gasteiger charge is -2.15. The molecule has 1 aromatic heterocycles. The first-order valence-electron chi connectivity index (χ1n) is 10.2. The number of aryl methyl sites for hydroxylation is 1. The van der Waals surface area contributed by atoms with Crippen LogP contribution < -0.4 is 4.90 Å². The van der Waals surface area contributed by atoms with Crippen LogP contribution in [-0.2, 0) is 16.1 Å². The molecule has 30 heavy (non-hydrogen) atoms. The van der Waals surface area contributed by atoms with Crippen LogP contribution in [-0.4, -0.2) is 16.4 Å². The highest BCUT2D eigenvalue weighted by Crippen LogP contribution is 2.37. The van der Waals surface area contributed by atoms with Gasteiger partial charge >= 0.3 is 0 Å². The van der Waals surface area contributed by atoms with Crippen molar-refractivity contribution >= 4 is 28.4 Å². The van der Waals surface area contributed by atoms with Gasteiger partial charge in [-0.25, -0.2) is 4.90 Å². The van der Waals surface area contributed by atoms with Gasteiger partial charge in [0, 0.05) is 30.1 Å². The van der Waals surface area contributed by atoms with Gasteiger partial charge in [-0.05, 0) is 41.8 Å². The normalized spacial score (nSPS) is 16.6. The first kappa shape index (κ1) is 18.4. The second-order valence-corrected chi connectivity index (χ2v) is 7.88. The van der Waals surface area contributed by atoms with E-state index in [1.807, 2.05) is 73.8 Å². The molecule has 4 aromatic rings. The predicted molar refractivity (Wildman–Crippen MR) is 119 cm³/mol. The first-order valence-corrected chi connectivity index (χ1v) is 10.2. The molecular weight excluding hydrogens is 372 g/mol. The van der Waals surface area contributed by atoms with Gasteiger partial charge in [-0.3, -0.25) is 9.59 Å². The third-order valence-electron chi connectivity index (χ3n) is 5.80. The number of fused-ring (bicyclic) bond motifs is 1. The first-order chi connectivity index (χ1) is 14.6. The van der Waals surface area contributed by atoms with E-state index in [9.17, 15) is 9.59 Å². The maximum Gasteiger partial charge on any atom is 0.241 e. The molecule has 1 aliphatic rings. The molecule has 4 heteroatoms. The molecule has 0 radical (unpaired) electrons. The number of hydrogen-bond acceptors (Lipinski definition) is 2. The lowest BCUT2D eigenvalue weighted by Crippen LogP contribution is -2.30. The number of amides is 2. The smallest absolute Gasteiger partial charge is 0.241 e. The van der Waals surface area contributed by atoms with Crippen LogP contribution in [0.25, 0.3) is 10.9 Å². The molecule has 0 unspecified atom stereocenters. The highest BCUT2D eigenvalue weighted by molar-refractivity contribution is 6.23. The summed E-state index contributed by atoms with van der Waals surface area (Å²) >= 11 is 0. The average molecular weight is 394 g/mol. The maximum absolute atomic E-state index is 13.3. The summed E-state index contributed by atoms with van der Waals surface area (Å²) in [5.41, 5.74) is 4.87. The Morgan fingerprint density at radius 3 is 2.47 bits per heavy atom. The van der Waals surface area contributed by atoms with Crippen LogP contribution in [0, 0.1) is 6.92 Å². The minimum Gasteiger partial charge on any atom is -0.343 e. The van der Waals surface area contributed by atoms with Crippen molar-refractivity contribution < 1.29 is 9.59 Å². The maximum atomic E-state index is 13.3. The van der Waals surface area contributed by atoms with Crippen molar-refractivity contribution in [3.8, 4) is 0 Å². The number of benzene rings is 3. The number of anilines is 1. The molecule has 0 N–H and O–H groups in total. The summed E-state index contributed by atoms with van der Waals surface area (Å²) in [5.74, 6) is -0.747. The van der Waals surface area contributed by atoms with E-state index in [-0.39, 0.29) is 18.2 Å². The SMILES string of the molecule is Cc1cccc(N2C(=O)C[C@H](c3cn(Cc4ccccc4)c4ccccc34)C2=O)c1. The molecule has 0 saturated carbocycles. The minimum absolute atomic E-state index is 0.143. The van der Waals surface area contributed by atoms with Crippen LogP contribution in [0.1, 0.15) is 29.0 Å². The van der Waals surface area contributed by atoms with Gasteiger partial charge in [0.25, 0.3) is 0 Å². The molecule has 1 aliphatic heterocycles. The van der Waals surface area contributed by atoms with Crippen molar-refractivity contribution in [2.45, 2.75) is 25.8 Å². The van der Waals surface area contributed by atoms with Crippen LogP contribution in [0.2, 0.25) is 0 Å². The molecule has 148 valence electrons. The molecule has 4 nitrogen and oxygen atoms in total. The fraction of sp³-hybridized carbons (Fsp3) is 0.154.